The number of rotatable bonds is 6. The topological polar surface area (TPSA) is 54.9 Å². The van der Waals surface area contributed by atoms with Crippen LogP contribution in [0.2, 0.25) is 0 Å². The summed E-state index contributed by atoms with van der Waals surface area (Å²) in [4.78, 5) is 12.4. The van der Waals surface area contributed by atoms with E-state index >= 15 is 0 Å². The summed E-state index contributed by atoms with van der Waals surface area (Å²) in [5.41, 5.74) is 0.583. The van der Waals surface area contributed by atoms with Gasteiger partial charge in [0.05, 0.1) is 5.25 Å². The zero-order valence-electron chi connectivity index (χ0n) is 12.4. The standard InChI is InChI=1S/C14H16FN3OS3/c1-8(2)11(21-14-18-17-13(20-3)22-14)12(19)16-10-6-4-9(15)5-7-10/h4-8,11H,1-3H3,(H,16,19)/t11-/m0/s1. The number of carbonyl (C=O) groups is 1. The van der Waals surface area contributed by atoms with E-state index < -0.39 is 0 Å². The molecule has 1 atom stereocenters. The third-order valence-electron chi connectivity index (χ3n) is 2.77. The predicted molar refractivity (Wildman–Crippen MR) is 91.2 cm³/mol. The van der Waals surface area contributed by atoms with Gasteiger partial charge in [0.15, 0.2) is 8.68 Å². The van der Waals surface area contributed by atoms with Gasteiger partial charge in [-0.1, -0.05) is 48.7 Å². The molecule has 1 N–H and O–H groups in total. The van der Waals surface area contributed by atoms with Crippen LogP contribution in [0.1, 0.15) is 13.8 Å². The van der Waals surface area contributed by atoms with Crippen molar-refractivity contribution < 1.29 is 9.18 Å². The number of nitrogens with zero attached hydrogens (tertiary/aromatic N) is 2. The minimum atomic E-state index is -0.328. The van der Waals surface area contributed by atoms with Crippen LogP contribution in [0.25, 0.3) is 0 Å². The van der Waals surface area contributed by atoms with E-state index in [-0.39, 0.29) is 22.9 Å². The number of hydrogen-bond acceptors (Lipinski definition) is 6. The highest BCUT2D eigenvalue weighted by Gasteiger charge is 2.25. The minimum absolute atomic E-state index is 0.118. The molecule has 2 aromatic rings. The summed E-state index contributed by atoms with van der Waals surface area (Å²) in [6.07, 6.45) is 1.94. The summed E-state index contributed by atoms with van der Waals surface area (Å²) < 4.78 is 14.6. The lowest BCUT2D eigenvalue weighted by Crippen LogP contribution is -2.29. The van der Waals surface area contributed by atoms with Gasteiger partial charge in [0.1, 0.15) is 5.82 Å². The highest BCUT2D eigenvalue weighted by atomic mass is 32.2. The number of aromatic nitrogens is 2. The molecule has 2 rings (SSSR count). The van der Waals surface area contributed by atoms with Crippen LogP contribution < -0.4 is 5.32 Å². The van der Waals surface area contributed by atoms with Gasteiger partial charge in [-0.25, -0.2) is 4.39 Å². The molecule has 0 fully saturated rings. The van der Waals surface area contributed by atoms with Gasteiger partial charge < -0.3 is 5.32 Å². The first-order valence-electron chi connectivity index (χ1n) is 6.60. The first-order chi connectivity index (χ1) is 10.5. The number of anilines is 1. The number of halogens is 1. The molecule has 0 aliphatic heterocycles. The fraction of sp³-hybridized carbons (Fsp3) is 0.357. The Morgan fingerprint density at radius 3 is 2.41 bits per heavy atom. The van der Waals surface area contributed by atoms with Gasteiger partial charge in [0, 0.05) is 5.69 Å². The highest BCUT2D eigenvalue weighted by Crippen LogP contribution is 2.33. The molecular formula is C14H16FN3OS3. The summed E-state index contributed by atoms with van der Waals surface area (Å²) in [5.74, 6) is -0.314. The number of amides is 1. The second kappa shape index (κ2) is 7.94. The van der Waals surface area contributed by atoms with Crippen molar-refractivity contribution >= 4 is 46.5 Å². The van der Waals surface area contributed by atoms with Gasteiger partial charge in [-0.3, -0.25) is 4.79 Å². The molecule has 1 heterocycles. The molecule has 0 aliphatic carbocycles. The summed E-state index contributed by atoms with van der Waals surface area (Å²) in [5, 5.41) is 10.7. The molecule has 0 radical (unpaired) electrons. The molecule has 1 aromatic carbocycles. The Hall–Kier alpha value is -1.12. The largest absolute Gasteiger partial charge is 0.325 e. The van der Waals surface area contributed by atoms with E-state index in [1.54, 1.807) is 12.1 Å². The van der Waals surface area contributed by atoms with Crippen molar-refractivity contribution in [3.05, 3.63) is 30.1 Å². The van der Waals surface area contributed by atoms with Crippen LogP contribution in [0.3, 0.4) is 0 Å². The molecule has 0 spiro atoms. The van der Waals surface area contributed by atoms with Crippen molar-refractivity contribution in [1.29, 1.82) is 0 Å². The minimum Gasteiger partial charge on any atom is -0.325 e. The Labute approximate surface area is 141 Å². The zero-order valence-corrected chi connectivity index (χ0v) is 14.8. The summed E-state index contributed by atoms with van der Waals surface area (Å²) in [6.45, 7) is 3.97. The summed E-state index contributed by atoms with van der Waals surface area (Å²) in [7, 11) is 0. The Morgan fingerprint density at radius 1 is 1.23 bits per heavy atom. The Morgan fingerprint density at radius 2 is 1.86 bits per heavy atom. The number of hydrogen-bond donors (Lipinski definition) is 1. The van der Waals surface area contributed by atoms with Crippen LogP contribution in [0.4, 0.5) is 10.1 Å². The average Bonchev–Trinajstić information content (AvgIpc) is 2.94. The molecule has 22 heavy (non-hydrogen) atoms. The monoisotopic (exact) mass is 357 g/mol. The van der Waals surface area contributed by atoms with E-state index in [1.165, 1.54) is 47.0 Å². The lowest BCUT2D eigenvalue weighted by molar-refractivity contribution is -0.116. The van der Waals surface area contributed by atoms with Gasteiger partial charge >= 0.3 is 0 Å². The smallest absolute Gasteiger partial charge is 0.238 e. The second-order valence-electron chi connectivity index (χ2n) is 4.82. The first-order valence-corrected chi connectivity index (χ1v) is 9.52. The Balaban J connectivity index is 2.06. The maximum absolute atomic E-state index is 12.9. The van der Waals surface area contributed by atoms with E-state index in [1.807, 2.05) is 20.1 Å². The van der Waals surface area contributed by atoms with E-state index in [2.05, 4.69) is 15.5 Å². The van der Waals surface area contributed by atoms with Crippen LogP contribution >= 0.6 is 34.9 Å². The fourth-order valence-corrected chi connectivity index (χ4v) is 4.32. The quantitative estimate of drug-likeness (QED) is 0.787. The Kier molecular flexibility index (Phi) is 6.22. The van der Waals surface area contributed by atoms with Crippen molar-refractivity contribution in [3.8, 4) is 0 Å². The zero-order chi connectivity index (χ0) is 16.1. The van der Waals surface area contributed by atoms with E-state index in [4.69, 9.17) is 0 Å². The molecule has 4 nitrogen and oxygen atoms in total. The number of thioether (sulfide) groups is 2. The van der Waals surface area contributed by atoms with Gasteiger partial charge in [0.2, 0.25) is 5.91 Å². The summed E-state index contributed by atoms with van der Waals surface area (Å²) >= 11 is 4.42. The van der Waals surface area contributed by atoms with Crippen LogP contribution in [-0.4, -0.2) is 27.6 Å². The van der Waals surface area contributed by atoms with E-state index in [9.17, 15) is 9.18 Å². The van der Waals surface area contributed by atoms with Gasteiger partial charge in [-0.15, -0.1) is 10.2 Å². The van der Waals surface area contributed by atoms with Crippen LogP contribution in [0.5, 0.6) is 0 Å². The molecule has 118 valence electrons. The SMILES string of the molecule is CSc1nnc(S[C@H](C(=O)Nc2ccc(F)cc2)C(C)C)s1. The molecule has 0 saturated carbocycles. The maximum Gasteiger partial charge on any atom is 0.238 e. The van der Waals surface area contributed by atoms with Gasteiger partial charge in [-0.2, -0.15) is 0 Å². The second-order valence-corrected chi connectivity index (χ2v) is 8.24. The number of nitrogens with one attached hydrogen (secondary N) is 1. The van der Waals surface area contributed by atoms with Crippen LogP contribution in [0, 0.1) is 11.7 Å². The molecular weight excluding hydrogens is 341 g/mol. The number of carbonyl (C=O) groups excluding carboxylic acids is 1. The molecule has 0 unspecified atom stereocenters. The third-order valence-corrected chi connectivity index (χ3v) is 6.29. The van der Waals surface area contributed by atoms with Crippen molar-refractivity contribution in [2.24, 2.45) is 5.92 Å². The van der Waals surface area contributed by atoms with E-state index in [0.29, 0.717) is 5.69 Å². The maximum atomic E-state index is 12.9. The highest BCUT2D eigenvalue weighted by molar-refractivity contribution is 8.03. The molecule has 0 aliphatic rings. The fourth-order valence-electron chi connectivity index (χ4n) is 1.67. The lowest BCUT2D eigenvalue weighted by Gasteiger charge is -2.18. The normalized spacial score (nSPS) is 12.4. The van der Waals surface area contributed by atoms with Crippen molar-refractivity contribution in [2.75, 3.05) is 11.6 Å². The van der Waals surface area contributed by atoms with Crippen molar-refractivity contribution in [2.45, 2.75) is 27.8 Å². The predicted octanol–water partition coefficient (Wildman–Crippen LogP) is 4.15. The summed E-state index contributed by atoms with van der Waals surface area (Å²) in [6, 6.07) is 5.74. The molecule has 1 amide bonds. The van der Waals surface area contributed by atoms with Crippen LogP contribution in [0.15, 0.2) is 32.9 Å². The molecule has 1 aromatic heterocycles. The van der Waals surface area contributed by atoms with Gasteiger partial charge in [0.25, 0.3) is 0 Å². The molecule has 0 saturated heterocycles. The van der Waals surface area contributed by atoms with E-state index in [0.717, 1.165) is 8.68 Å². The number of benzene rings is 1. The lowest BCUT2D eigenvalue weighted by atomic mass is 10.1. The molecule has 8 heteroatoms. The van der Waals surface area contributed by atoms with Crippen molar-refractivity contribution in [1.82, 2.24) is 10.2 Å². The Bertz CT molecular complexity index is 631. The third kappa shape index (κ3) is 4.69. The van der Waals surface area contributed by atoms with Crippen LogP contribution in [-0.2, 0) is 4.79 Å². The van der Waals surface area contributed by atoms with Gasteiger partial charge in [-0.05, 0) is 36.4 Å². The van der Waals surface area contributed by atoms with Crippen molar-refractivity contribution in [3.63, 3.8) is 0 Å². The first kappa shape index (κ1) is 17.2. The average molecular weight is 358 g/mol. The molecule has 0 bridgehead atoms.